The first kappa shape index (κ1) is 10.8. The summed E-state index contributed by atoms with van der Waals surface area (Å²) in [7, 11) is 0. The van der Waals surface area contributed by atoms with Crippen LogP contribution in [0.4, 0.5) is 4.39 Å². The van der Waals surface area contributed by atoms with Gasteiger partial charge in [0.25, 0.3) is 0 Å². The van der Waals surface area contributed by atoms with Gasteiger partial charge in [-0.2, -0.15) is 4.39 Å². The molecule has 13 heavy (non-hydrogen) atoms. The van der Waals surface area contributed by atoms with E-state index < -0.39 is 5.95 Å². The first-order valence-electron chi connectivity index (χ1n) is 3.91. The van der Waals surface area contributed by atoms with Gasteiger partial charge in [-0.1, -0.05) is 0 Å². The zero-order chi connectivity index (χ0) is 9.84. The minimum atomic E-state index is -0.470. The molecule has 0 amide bonds. The summed E-state index contributed by atoms with van der Waals surface area (Å²) in [6.07, 6.45) is 0. The summed E-state index contributed by atoms with van der Waals surface area (Å²) >= 11 is 1.88. The van der Waals surface area contributed by atoms with Crippen molar-refractivity contribution in [1.82, 2.24) is 9.97 Å². The van der Waals surface area contributed by atoms with Crippen molar-refractivity contribution in [3.8, 4) is 0 Å². The Balaban J connectivity index is 2.86. The maximum atomic E-state index is 13.1. The lowest BCUT2D eigenvalue weighted by Crippen LogP contribution is -2.05. The van der Waals surface area contributed by atoms with Gasteiger partial charge >= 0.3 is 0 Å². The fourth-order valence-electron chi connectivity index (χ4n) is 0.837. The minimum absolute atomic E-state index is 0.269. The highest BCUT2D eigenvalue weighted by atomic mass is 127. The zero-order valence-corrected chi connectivity index (χ0v) is 9.63. The van der Waals surface area contributed by atoms with Crippen molar-refractivity contribution in [3.05, 3.63) is 21.0 Å². The summed E-state index contributed by atoms with van der Waals surface area (Å²) < 4.78 is 18.6. The number of rotatable bonds is 3. The topological polar surface area (TPSA) is 35.0 Å². The average Bonchev–Trinajstić information content (AvgIpc) is 2.10. The zero-order valence-electron chi connectivity index (χ0n) is 7.47. The summed E-state index contributed by atoms with van der Waals surface area (Å²) in [5.41, 5.74) is 0.655. The van der Waals surface area contributed by atoms with Crippen molar-refractivity contribution >= 4 is 22.6 Å². The Hall–Kier alpha value is -0.300. The normalized spacial score (nSPS) is 10.5. The number of aromatic nitrogens is 2. The van der Waals surface area contributed by atoms with Gasteiger partial charge < -0.3 is 4.74 Å². The molecule has 0 fully saturated rings. The molecule has 1 rings (SSSR count). The molecule has 0 N–H and O–H groups in total. The van der Waals surface area contributed by atoms with Crippen LogP contribution in [0.2, 0.25) is 0 Å². The molecule has 1 aromatic heterocycles. The van der Waals surface area contributed by atoms with Crippen LogP contribution in [0.1, 0.15) is 18.4 Å². The molecule has 0 unspecified atom stereocenters. The molecule has 72 valence electrons. The lowest BCUT2D eigenvalue weighted by atomic mass is 10.4. The van der Waals surface area contributed by atoms with Crippen LogP contribution in [0.15, 0.2) is 0 Å². The van der Waals surface area contributed by atoms with E-state index in [9.17, 15) is 4.39 Å². The van der Waals surface area contributed by atoms with Gasteiger partial charge in [0.15, 0.2) is 5.82 Å². The molecule has 0 aromatic carbocycles. The number of hydrogen-bond acceptors (Lipinski definition) is 3. The predicted octanol–water partition coefficient (Wildman–Crippen LogP) is 2.07. The van der Waals surface area contributed by atoms with E-state index in [1.54, 1.807) is 6.92 Å². The quantitative estimate of drug-likeness (QED) is 0.632. The van der Waals surface area contributed by atoms with Gasteiger partial charge in [0.1, 0.15) is 6.61 Å². The van der Waals surface area contributed by atoms with Gasteiger partial charge in [0, 0.05) is 6.61 Å². The molecule has 1 heterocycles. The van der Waals surface area contributed by atoms with Crippen molar-refractivity contribution < 1.29 is 9.13 Å². The fraction of sp³-hybridized carbons (Fsp3) is 0.500. The van der Waals surface area contributed by atoms with Crippen molar-refractivity contribution in [2.75, 3.05) is 6.61 Å². The lowest BCUT2D eigenvalue weighted by molar-refractivity contribution is 0.127. The molecule has 0 bridgehead atoms. The Morgan fingerprint density at radius 2 is 2.15 bits per heavy atom. The Bertz CT molecular complexity index is 283. The minimum Gasteiger partial charge on any atom is -0.374 e. The second-order valence-corrected chi connectivity index (χ2v) is 3.55. The van der Waals surface area contributed by atoms with Gasteiger partial charge in [-0.15, -0.1) is 0 Å². The standard InChI is InChI=1S/C8H10FIN2O/c1-3-13-4-6-11-5(2)7(10)8(9)12-6/h3-4H2,1-2H3. The molecule has 0 radical (unpaired) electrons. The van der Waals surface area contributed by atoms with E-state index in [1.807, 2.05) is 29.5 Å². The second kappa shape index (κ2) is 4.80. The number of nitrogens with zero attached hydrogens (tertiary/aromatic N) is 2. The molecule has 1 aromatic rings. The summed E-state index contributed by atoms with van der Waals surface area (Å²) in [6, 6.07) is 0. The van der Waals surface area contributed by atoms with E-state index >= 15 is 0 Å². The molecule has 3 nitrogen and oxygen atoms in total. The second-order valence-electron chi connectivity index (χ2n) is 2.47. The van der Waals surface area contributed by atoms with Crippen molar-refractivity contribution in [2.45, 2.75) is 20.5 Å². The molecule has 0 atom stereocenters. The van der Waals surface area contributed by atoms with Gasteiger partial charge in [0.05, 0.1) is 9.26 Å². The molecular weight excluding hydrogens is 286 g/mol. The SMILES string of the molecule is CCOCc1nc(C)c(I)c(F)n1. The summed E-state index contributed by atoms with van der Waals surface area (Å²) in [6.45, 7) is 4.47. The molecule has 5 heteroatoms. The molecule has 0 aliphatic rings. The highest BCUT2D eigenvalue weighted by molar-refractivity contribution is 14.1. The summed E-state index contributed by atoms with van der Waals surface area (Å²) in [5, 5.41) is 0. The van der Waals surface area contributed by atoms with Gasteiger partial charge in [0.2, 0.25) is 5.95 Å². The average molecular weight is 296 g/mol. The maximum Gasteiger partial charge on any atom is 0.229 e. The van der Waals surface area contributed by atoms with E-state index in [4.69, 9.17) is 4.74 Å². The number of aryl methyl sites for hydroxylation is 1. The van der Waals surface area contributed by atoms with Crippen LogP contribution in [0.3, 0.4) is 0 Å². The highest BCUT2D eigenvalue weighted by Crippen LogP contribution is 2.12. The van der Waals surface area contributed by atoms with E-state index in [1.165, 1.54) is 0 Å². The molecule has 0 saturated carbocycles. The number of halogens is 2. The van der Waals surface area contributed by atoms with Crippen molar-refractivity contribution in [2.24, 2.45) is 0 Å². The molecule has 0 aliphatic carbocycles. The Labute approximate surface area is 89.9 Å². The Morgan fingerprint density at radius 1 is 1.46 bits per heavy atom. The van der Waals surface area contributed by atoms with Crippen molar-refractivity contribution in [3.63, 3.8) is 0 Å². The largest absolute Gasteiger partial charge is 0.374 e. The lowest BCUT2D eigenvalue weighted by Gasteiger charge is -2.03. The number of ether oxygens (including phenoxy) is 1. The van der Waals surface area contributed by atoms with E-state index in [2.05, 4.69) is 9.97 Å². The van der Waals surface area contributed by atoms with E-state index in [0.29, 0.717) is 21.7 Å². The van der Waals surface area contributed by atoms with Crippen LogP contribution in [-0.2, 0) is 11.3 Å². The van der Waals surface area contributed by atoms with Crippen LogP contribution in [0.5, 0.6) is 0 Å². The molecule has 0 saturated heterocycles. The van der Waals surface area contributed by atoms with Crippen LogP contribution in [0.25, 0.3) is 0 Å². The van der Waals surface area contributed by atoms with Crippen LogP contribution in [0, 0.1) is 16.4 Å². The van der Waals surface area contributed by atoms with Crippen molar-refractivity contribution in [1.29, 1.82) is 0 Å². The first-order valence-corrected chi connectivity index (χ1v) is 4.99. The van der Waals surface area contributed by atoms with Gasteiger partial charge in [-0.3, -0.25) is 0 Å². The van der Waals surface area contributed by atoms with E-state index in [-0.39, 0.29) is 6.61 Å². The third-order valence-electron chi connectivity index (χ3n) is 1.46. The Morgan fingerprint density at radius 3 is 2.69 bits per heavy atom. The van der Waals surface area contributed by atoms with Crippen LogP contribution in [-0.4, -0.2) is 16.6 Å². The van der Waals surface area contributed by atoms with E-state index in [0.717, 1.165) is 0 Å². The third-order valence-corrected chi connectivity index (χ3v) is 2.68. The molecular formula is C8H10FIN2O. The maximum absolute atomic E-state index is 13.1. The molecule has 0 spiro atoms. The van der Waals surface area contributed by atoms with Gasteiger partial charge in [-0.25, -0.2) is 9.97 Å². The van der Waals surface area contributed by atoms with Crippen LogP contribution >= 0.6 is 22.6 Å². The monoisotopic (exact) mass is 296 g/mol. The fourth-order valence-corrected chi connectivity index (χ4v) is 1.08. The summed E-state index contributed by atoms with van der Waals surface area (Å²) in [4.78, 5) is 7.75. The number of hydrogen-bond donors (Lipinski definition) is 0. The highest BCUT2D eigenvalue weighted by Gasteiger charge is 2.07. The smallest absolute Gasteiger partial charge is 0.229 e. The Kier molecular flexibility index (Phi) is 3.98. The van der Waals surface area contributed by atoms with Crippen LogP contribution < -0.4 is 0 Å². The van der Waals surface area contributed by atoms with Gasteiger partial charge in [-0.05, 0) is 36.4 Å². The first-order chi connectivity index (χ1) is 6.15. The predicted molar refractivity (Wildman–Crippen MR) is 54.8 cm³/mol. The summed E-state index contributed by atoms with van der Waals surface area (Å²) in [5.74, 6) is -0.0694. The molecule has 0 aliphatic heterocycles. The third kappa shape index (κ3) is 2.84.